The number of hydrogen-bond donors (Lipinski definition) is 1. The molecule has 0 spiro atoms. The Morgan fingerprint density at radius 2 is 1.83 bits per heavy atom. The van der Waals surface area contributed by atoms with E-state index in [1.807, 2.05) is 4.90 Å². The van der Waals surface area contributed by atoms with Gasteiger partial charge in [-0.3, -0.25) is 9.69 Å². The molecule has 1 saturated heterocycles. The number of amides is 2. The van der Waals surface area contributed by atoms with E-state index in [9.17, 15) is 14.0 Å². The number of primary amides is 1. The number of carbonyl (C=O) groups excluding carboxylic acids is 2. The summed E-state index contributed by atoms with van der Waals surface area (Å²) in [5.41, 5.74) is 5.58. The Balaban J connectivity index is 2.13. The first-order chi connectivity index (χ1) is 10.7. The second kappa shape index (κ2) is 6.44. The van der Waals surface area contributed by atoms with Crippen molar-refractivity contribution >= 4 is 17.7 Å². The molecule has 6 nitrogen and oxygen atoms in total. The Kier molecular flexibility index (Phi) is 4.77. The summed E-state index contributed by atoms with van der Waals surface area (Å²) in [4.78, 5) is 27.2. The third kappa shape index (κ3) is 4.34. The molecule has 1 aromatic carbocycles. The Morgan fingerprint density at radius 1 is 1.22 bits per heavy atom. The number of rotatable bonds is 2. The first kappa shape index (κ1) is 17.1. The summed E-state index contributed by atoms with van der Waals surface area (Å²) in [6.45, 7) is 6.35. The molecule has 1 aliphatic heterocycles. The molecule has 0 bridgehead atoms. The fourth-order valence-electron chi connectivity index (χ4n) is 2.45. The van der Waals surface area contributed by atoms with Crippen LogP contribution in [0.25, 0.3) is 0 Å². The van der Waals surface area contributed by atoms with Gasteiger partial charge in [0.2, 0.25) is 5.91 Å². The van der Waals surface area contributed by atoms with E-state index in [1.165, 1.54) is 17.0 Å². The number of benzene rings is 1. The van der Waals surface area contributed by atoms with Crippen LogP contribution in [0.2, 0.25) is 0 Å². The van der Waals surface area contributed by atoms with Gasteiger partial charge in [0, 0.05) is 25.3 Å². The highest BCUT2D eigenvalue weighted by molar-refractivity contribution is 5.85. The van der Waals surface area contributed by atoms with Crippen LogP contribution in [-0.2, 0) is 9.53 Å². The van der Waals surface area contributed by atoms with Gasteiger partial charge < -0.3 is 15.4 Å². The molecular formula is C16H22FN3O3. The monoisotopic (exact) mass is 323 g/mol. The molecular weight excluding hydrogens is 301 g/mol. The molecule has 2 rings (SSSR count). The fourth-order valence-corrected chi connectivity index (χ4v) is 2.45. The van der Waals surface area contributed by atoms with E-state index in [-0.39, 0.29) is 12.4 Å². The lowest BCUT2D eigenvalue weighted by atomic mass is 10.1. The summed E-state index contributed by atoms with van der Waals surface area (Å²) < 4.78 is 18.3. The molecule has 0 aliphatic carbocycles. The molecule has 1 aliphatic rings. The Morgan fingerprint density at radius 3 is 2.35 bits per heavy atom. The maximum Gasteiger partial charge on any atom is 0.411 e. The predicted molar refractivity (Wildman–Crippen MR) is 84.5 cm³/mol. The summed E-state index contributed by atoms with van der Waals surface area (Å²) in [5, 5.41) is 0. The minimum atomic E-state index is -0.788. The van der Waals surface area contributed by atoms with Gasteiger partial charge in [0.1, 0.15) is 17.5 Å². The van der Waals surface area contributed by atoms with Gasteiger partial charge in [0.15, 0.2) is 0 Å². The Bertz CT molecular complexity index is 583. The van der Waals surface area contributed by atoms with Crippen LogP contribution in [0.5, 0.6) is 0 Å². The Labute approximate surface area is 135 Å². The molecule has 2 N–H and O–H groups in total. The smallest absolute Gasteiger partial charge is 0.411 e. The molecule has 0 aromatic heterocycles. The Hall–Kier alpha value is -2.31. The number of carbonyl (C=O) groups is 2. The highest BCUT2D eigenvalue weighted by Crippen LogP contribution is 2.21. The maximum absolute atomic E-state index is 13.0. The molecule has 0 radical (unpaired) electrons. The van der Waals surface area contributed by atoms with E-state index in [0.29, 0.717) is 13.1 Å². The largest absolute Gasteiger partial charge is 0.444 e. The summed E-state index contributed by atoms with van der Waals surface area (Å²) >= 11 is 0. The first-order valence-electron chi connectivity index (χ1n) is 7.47. The van der Waals surface area contributed by atoms with Gasteiger partial charge in [-0.05, 0) is 45.0 Å². The quantitative estimate of drug-likeness (QED) is 0.899. The van der Waals surface area contributed by atoms with Crippen LogP contribution in [0, 0.1) is 5.82 Å². The highest BCUT2D eigenvalue weighted by atomic mass is 19.1. The topological polar surface area (TPSA) is 75.9 Å². The van der Waals surface area contributed by atoms with Crippen molar-refractivity contribution in [1.29, 1.82) is 0 Å². The standard InChI is InChI=1S/C16H22FN3O3/c1-16(2,3)23-15(22)20-9-8-19(10-13(20)14(18)21)12-6-4-11(17)5-7-12/h4-7,13H,8-10H2,1-3H3,(H2,18,21). The van der Waals surface area contributed by atoms with Crippen molar-refractivity contribution in [3.05, 3.63) is 30.1 Å². The van der Waals surface area contributed by atoms with E-state index < -0.39 is 23.6 Å². The van der Waals surface area contributed by atoms with Gasteiger partial charge in [-0.15, -0.1) is 0 Å². The zero-order valence-corrected chi connectivity index (χ0v) is 13.6. The zero-order valence-electron chi connectivity index (χ0n) is 13.6. The third-order valence-electron chi connectivity index (χ3n) is 3.53. The lowest BCUT2D eigenvalue weighted by molar-refractivity contribution is -0.123. The SMILES string of the molecule is CC(C)(C)OC(=O)N1CCN(c2ccc(F)cc2)CC1C(N)=O. The van der Waals surface area contributed by atoms with Gasteiger partial charge in [-0.1, -0.05) is 0 Å². The average molecular weight is 323 g/mol. The second-order valence-corrected chi connectivity index (χ2v) is 6.51. The van der Waals surface area contributed by atoms with Crippen molar-refractivity contribution in [2.75, 3.05) is 24.5 Å². The van der Waals surface area contributed by atoms with Gasteiger partial charge in [0.25, 0.3) is 0 Å². The zero-order chi connectivity index (χ0) is 17.2. The van der Waals surface area contributed by atoms with Crippen molar-refractivity contribution in [2.45, 2.75) is 32.4 Å². The van der Waals surface area contributed by atoms with Gasteiger partial charge in [-0.25, -0.2) is 9.18 Å². The van der Waals surface area contributed by atoms with E-state index >= 15 is 0 Å². The van der Waals surface area contributed by atoms with Gasteiger partial charge >= 0.3 is 6.09 Å². The molecule has 7 heteroatoms. The summed E-state index contributed by atoms with van der Waals surface area (Å²) in [7, 11) is 0. The molecule has 126 valence electrons. The molecule has 23 heavy (non-hydrogen) atoms. The van der Waals surface area contributed by atoms with Crippen molar-refractivity contribution in [3.8, 4) is 0 Å². The van der Waals surface area contributed by atoms with Gasteiger partial charge in [-0.2, -0.15) is 0 Å². The molecule has 1 fully saturated rings. The molecule has 1 unspecified atom stereocenters. The lowest BCUT2D eigenvalue weighted by Crippen LogP contribution is -2.60. The average Bonchev–Trinajstić information content (AvgIpc) is 2.45. The van der Waals surface area contributed by atoms with Crippen LogP contribution in [-0.4, -0.2) is 48.2 Å². The molecule has 1 atom stereocenters. The van der Waals surface area contributed by atoms with Crippen LogP contribution in [0.1, 0.15) is 20.8 Å². The summed E-state index contributed by atoms with van der Waals surface area (Å²) in [6, 6.07) is 5.19. The van der Waals surface area contributed by atoms with E-state index in [0.717, 1.165) is 5.69 Å². The lowest BCUT2D eigenvalue weighted by Gasteiger charge is -2.41. The molecule has 1 heterocycles. The van der Waals surface area contributed by atoms with Crippen molar-refractivity contribution in [3.63, 3.8) is 0 Å². The van der Waals surface area contributed by atoms with E-state index in [2.05, 4.69) is 0 Å². The van der Waals surface area contributed by atoms with Crippen LogP contribution >= 0.6 is 0 Å². The number of hydrogen-bond acceptors (Lipinski definition) is 4. The molecule has 0 saturated carbocycles. The first-order valence-corrected chi connectivity index (χ1v) is 7.47. The van der Waals surface area contributed by atoms with E-state index in [1.54, 1.807) is 32.9 Å². The second-order valence-electron chi connectivity index (χ2n) is 6.51. The van der Waals surface area contributed by atoms with Crippen LogP contribution < -0.4 is 10.6 Å². The highest BCUT2D eigenvalue weighted by Gasteiger charge is 2.36. The number of nitrogens with zero attached hydrogens (tertiary/aromatic N) is 2. The van der Waals surface area contributed by atoms with Crippen molar-refractivity contribution in [2.24, 2.45) is 5.73 Å². The minimum absolute atomic E-state index is 0.250. The van der Waals surface area contributed by atoms with Crippen molar-refractivity contribution < 1.29 is 18.7 Å². The third-order valence-corrected chi connectivity index (χ3v) is 3.53. The van der Waals surface area contributed by atoms with Crippen LogP contribution in [0.15, 0.2) is 24.3 Å². The number of piperazine rings is 1. The minimum Gasteiger partial charge on any atom is -0.444 e. The normalized spacial score (nSPS) is 18.7. The fraction of sp³-hybridized carbons (Fsp3) is 0.500. The number of anilines is 1. The maximum atomic E-state index is 13.0. The number of nitrogens with two attached hydrogens (primary N) is 1. The van der Waals surface area contributed by atoms with Gasteiger partial charge in [0.05, 0.1) is 0 Å². The predicted octanol–water partition coefficient (Wildman–Crippen LogP) is 1.74. The molecule has 2 amide bonds. The molecule has 1 aromatic rings. The van der Waals surface area contributed by atoms with Crippen LogP contribution in [0.3, 0.4) is 0 Å². The number of ether oxygens (including phenoxy) is 1. The summed E-state index contributed by atoms with van der Waals surface area (Å²) in [6.07, 6.45) is -0.556. The van der Waals surface area contributed by atoms with Crippen LogP contribution in [0.4, 0.5) is 14.9 Å². The summed E-state index contributed by atoms with van der Waals surface area (Å²) in [5.74, 6) is -0.921. The van der Waals surface area contributed by atoms with E-state index in [4.69, 9.17) is 10.5 Å². The van der Waals surface area contributed by atoms with Crippen molar-refractivity contribution in [1.82, 2.24) is 4.90 Å². The number of halogens is 1.